The van der Waals surface area contributed by atoms with Crippen LogP contribution < -0.4 is 0 Å². The van der Waals surface area contributed by atoms with Crippen molar-refractivity contribution < 1.29 is 13.2 Å². The molecule has 28 heavy (non-hydrogen) atoms. The van der Waals surface area contributed by atoms with E-state index in [0.29, 0.717) is 10.9 Å². The van der Waals surface area contributed by atoms with Gasteiger partial charge in [0.25, 0.3) is 0 Å². The van der Waals surface area contributed by atoms with Gasteiger partial charge in [0.05, 0.1) is 18.1 Å². The number of aromatic nitrogens is 4. The molecule has 0 saturated heterocycles. The topological polar surface area (TPSA) is 35.6 Å². The van der Waals surface area contributed by atoms with Gasteiger partial charge >= 0.3 is 6.18 Å². The van der Waals surface area contributed by atoms with Gasteiger partial charge in [-0.2, -0.15) is 18.3 Å². The summed E-state index contributed by atoms with van der Waals surface area (Å²) in [6.07, 6.45) is 4.00. The van der Waals surface area contributed by atoms with Gasteiger partial charge in [0, 0.05) is 18.5 Å². The van der Waals surface area contributed by atoms with E-state index in [1.807, 2.05) is 42.2 Å². The third kappa shape index (κ3) is 5.89. The van der Waals surface area contributed by atoms with Crippen molar-refractivity contribution in [2.75, 3.05) is 5.75 Å². The fourth-order valence-electron chi connectivity index (χ4n) is 2.95. The summed E-state index contributed by atoms with van der Waals surface area (Å²) in [5, 5.41) is 4.67. The van der Waals surface area contributed by atoms with Crippen LogP contribution in [0.3, 0.4) is 0 Å². The zero-order valence-corrected chi connectivity index (χ0v) is 16.5. The smallest absolute Gasteiger partial charge is 0.310 e. The van der Waals surface area contributed by atoms with E-state index in [2.05, 4.69) is 10.1 Å². The molecule has 0 aliphatic heterocycles. The molecule has 8 heteroatoms. The molecule has 0 saturated carbocycles. The first kappa shape index (κ1) is 20.5. The predicted octanol–water partition coefficient (Wildman–Crippen LogP) is 5.58. The Balaban J connectivity index is 1.56. The second-order valence-corrected chi connectivity index (χ2v) is 7.75. The maximum atomic E-state index is 13.1. The first-order valence-corrected chi connectivity index (χ1v) is 10.2. The normalized spacial score (nSPS) is 11.9. The number of alkyl halides is 3. The molecule has 0 N–H and O–H groups in total. The summed E-state index contributed by atoms with van der Waals surface area (Å²) in [6, 6.07) is 9.07. The summed E-state index contributed by atoms with van der Waals surface area (Å²) in [5.41, 5.74) is 2.37. The zero-order valence-electron chi connectivity index (χ0n) is 15.7. The van der Waals surface area contributed by atoms with Crippen LogP contribution in [0.15, 0.2) is 54.1 Å². The highest BCUT2D eigenvalue weighted by molar-refractivity contribution is 7.99. The quantitative estimate of drug-likeness (QED) is 0.342. The Bertz CT molecular complexity index is 871. The van der Waals surface area contributed by atoms with Crippen LogP contribution in [-0.4, -0.2) is 31.3 Å². The highest BCUT2D eigenvalue weighted by atomic mass is 32.2. The minimum atomic E-state index is -4.29. The highest BCUT2D eigenvalue weighted by Gasteiger charge is 2.30. The minimum absolute atomic E-state index is 0.416. The van der Waals surface area contributed by atoms with E-state index in [9.17, 15) is 13.2 Å². The fraction of sp³-hybridized carbons (Fsp3) is 0.400. The standard InChI is InChI=1S/C20H23F3N4S/c1-16-12-25-26(14-16)10-6-3-7-11-28-19-24-13-18(17-8-4-2-5-9-17)27(19)15-20(21,22)23/h2,4-5,8-9,12-14H,3,6-7,10-11,15H2,1H3. The van der Waals surface area contributed by atoms with Crippen LogP contribution in [0.2, 0.25) is 0 Å². The van der Waals surface area contributed by atoms with E-state index >= 15 is 0 Å². The molecular weight excluding hydrogens is 385 g/mol. The number of thioether (sulfide) groups is 1. The van der Waals surface area contributed by atoms with Crippen LogP contribution in [-0.2, 0) is 13.1 Å². The average Bonchev–Trinajstić information content (AvgIpc) is 3.24. The van der Waals surface area contributed by atoms with E-state index in [-0.39, 0.29) is 0 Å². The Morgan fingerprint density at radius 3 is 2.50 bits per heavy atom. The van der Waals surface area contributed by atoms with Crippen LogP contribution in [0, 0.1) is 6.92 Å². The Hall–Kier alpha value is -2.22. The van der Waals surface area contributed by atoms with E-state index in [0.717, 1.165) is 42.7 Å². The maximum absolute atomic E-state index is 13.1. The summed E-state index contributed by atoms with van der Waals surface area (Å²) in [5.74, 6) is 0.737. The van der Waals surface area contributed by atoms with E-state index in [1.165, 1.54) is 22.5 Å². The lowest BCUT2D eigenvalue weighted by atomic mass is 10.2. The van der Waals surface area contributed by atoms with Gasteiger partial charge in [-0.25, -0.2) is 4.98 Å². The van der Waals surface area contributed by atoms with Crippen molar-refractivity contribution in [3.05, 3.63) is 54.5 Å². The maximum Gasteiger partial charge on any atom is 0.406 e. The van der Waals surface area contributed by atoms with Gasteiger partial charge < -0.3 is 4.57 Å². The largest absolute Gasteiger partial charge is 0.406 e. The lowest BCUT2D eigenvalue weighted by molar-refractivity contribution is -0.141. The molecule has 3 aromatic rings. The molecule has 1 aromatic carbocycles. The molecule has 0 atom stereocenters. The fourth-order valence-corrected chi connectivity index (χ4v) is 3.93. The Labute approximate surface area is 166 Å². The molecule has 0 unspecified atom stereocenters. The number of hydrogen-bond acceptors (Lipinski definition) is 3. The van der Waals surface area contributed by atoms with E-state index in [4.69, 9.17) is 0 Å². The number of aryl methyl sites for hydroxylation is 2. The lowest BCUT2D eigenvalue weighted by Crippen LogP contribution is -2.19. The summed E-state index contributed by atoms with van der Waals surface area (Å²) in [6.45, 7) is 1.84. The molecule has 0 aliphatic rings. The first-order chi connectivity index (χ1) is 13.4. The summed E-state index contributed by atoms with van der Waals surface area (Å²) >= 11 is 1.38. The van der Waals surface area contributed by atoms with Gasteiger partial charge in [0.2, 0.25) is 0 Å². The number of halogens is 3. The molecule has 0 aliphatic carbocycles. The summed E-state index contributed by atoms with van der Waals surface area (Å²) in [4.78, 5) is 4.26. The Morgan fingerprint density at radius 1 is 1.04 bits per heavy atom. The van der Waals surface area contributed by atoms with Gasteiger partial charge in [-0.15, -0.1) is 0 Å². The van der Waals surface area contributed by atoms with Crippen LogP contribution >= 0.6 is 11.8 Å². The summed E-state index contributed by atoms with van der Waals surface area (Å²) in [7, 11) is 0. The van der Waals surface area contributed by atoms with Gasteiger partial charge in [-0.3, -0.25) is 4.68 Å². The monoisotopic (exact) mass is 408 g/mol. The van der Waals surface area contributed by atoms with Crippen molar-refractivity contribution >= 4 is 11.8 Å². The van der Waals surface area contributed by atoms with Gasteiger partial charge in [-0.05, 0) is 30.9 Å². The summed E-state index contributed by atoms with van der Waals surface area (Å²) < 4.78 is 42.4. The van der Waals surface area contributed by atoms with Crippen LogP contribution in [0.5, 0.6) is 0 Å². The number of rotatable bonds is 9. The lowest BCUT2D eigenvalue weighted by Gasteiger charge is -2.14. The van der Waals surface area contributed by atoms with Crippen molar-refractivity contribution in [2.24, 2.45) is 0 Å². The number of hydrogen-bond donors (Lipinski definition) is 0. The second-order valence-electron chi connectivity index (χ2n) is 6.68. The molecule has 4 nitrogen and oxygen atoms in total. The Morgan fingerprint density at radius 2 is 1.82 bits per heavy atom. The van der Waals surface area contributed by atoms with Gasteiger partial charge in [0.15, 0.2) is 5.16 Å². The predicted molar refractivity (Wildman–Crippen MR) is 105 cm³/mol. The minimum Gasteiger partial charge on any atom is -0.310 e. The third-order valence-corrected chi connectivity index (χ3v) is 5.33. The zero-order chi connectivity index (χ0) is 20.0. The third-order valence-electron chi connectivity index (χ3n) is 4.25. The number of benzene rings is 1. The molecular formula is C20H23F3N4S. The van der Waals surface area contributed by atoms with Crippen molar-refractivity contribution in [1.29, 1.82) is 0 Å². The van der Waals surface area contributed by atoms with Crippen LogP contribution in [0.4, 0.5) is 13.2 Å². The molecule has 0 radical (unpaired) electrons. The average molecular weight is 408 g/mol. The van der Waals surface area contributed by atoms with Gasteiger partial charge in [0.1, 0.15) is 6.54 Å². The van der Waals surface area contributed by atoms with E-state index < -0.39 is 12.7 Å². The molecule has 0 fully saturated rings. The molecule has 2 aromatic heterocycles. The molecule has 0 bridgehead atoms. The van der Waals surface area contributed by atoms with Crippen molar-refractivity contribution in [3.8, 4) is 11.3 Å². The molecule has 0 amide bonds. The van der Waals surface area contributed by atoms with Crippen LogP contribution in [0.1, 0.15) is 24.8 Å². The van der Waals surface area contributed by atoms with Crippen molar-refractivity contribution in [3.63, 3.8) is 0 Å². The SMILES string of the molecule is Cc1cnn(CCCCCSc2ncc(-c3ccccc3)n2CC(F)(F)F)c1. The number of nitrogens with zero attached hydrogens (tertiary/aromatic N) is 4. The highest BCUT2D eigenvalue weighted by Crippen LogP contribution is 2.30. The molecule has 150 valence electrons. The van der Waals surface area contributed by atoms with Gasteiger partial charge in [-0.1, -0.05) is 48.5 Å². The number of unbranched alkanes of at least 4 members (excludes halogenated alkanes) is 2. The molecule has 3 rings (SSSR count). The van der Waals surface area contributed by atoms with Crippen molar-refractivity contribution in [1.82, 2.24) is 19.3 Å². The number of imidazole rings is 1. The second kappa shape index (κ2) is 9.32. The van der Waals surface area contributed by atoms with Crippen LogP contribution in [0.25, 0.3) is 11.3 Å². The van der Waals surface area contributed by atoms with Crippen molar-refractivity contribution in [2.45, 2.75) is 50.6 Å². The van der Waals surface area contributed by atoms with E-state index in [1.54, 1.807) is 12.1 Å². The Kier molecular flexibility index (Phi) is 6.83. The first-order valence-electron chi connectivity index (χ1n) is 9.22. The molecule has 2 heterocycles. The molecule has 0 spiro atoms.